The van der Waals surface area contributed by atoms with Crippen LogP contribution in [0.25, 0.3) is 22.2 Å². The Balaban J connectivity index is 1.23. The number of benzene rings is 4. The van der Waals surface area contributed by atoms with Gasteiger partial charge in [0.05, 0.1) is 30.5 Å². The quantitative estimate of drug-likeness (QED) is 0.214. The number of nitrogens with one attached hydrogen (secondary N) is 1. The number of carbonyl (C=O) groups excluding carboxylic acids is 1. The third-order valence-corrected chi connectivity index (χ3v) is 6.51. The molecule has 0 unspecified atom stereocenters. The number of nitrogens with zero attached hydrogens (tertiary/aromatic N) is 2. The van der Waals surface area contributed by atoms with E-state index in [0.717, 1.165) is 51.3 Å². The lowest BCUT2D eigenvalue weighted by Crippen LogP contribution is -2.26. The number of rotatable bonds is 11. The molecule has 0 atom stereocenters. The Morgan fingerprint density at radius 2 is 1.58 bits per heavy atom. The molecule has 0 radical (unpaired) electrons. The highest BCUT2D eigenvalue weighted by Gasteiger charge is 2.13. The summed E-state index contributed by atoms with van der Waals surface area (Å²) in [7, 11) is 0. The summed E-state index contributed by atoms with van der Waals surface area (Å²) in [4.78, 5) is 17.6. The van der Waals surface area contributed by atoms with Crippen LogP contribution >= 0.6 is 0 Å². The van der Waals surface area contributed by atoms with Gasteiger partial charge in [-0.2, -0.15) is 0 Å². The van der Waals surface area contributed by atoms with E-state index in [2.05, 4.69) is 46.8 Å². The first-order chi connectivity index (χ1) is 18.7. The van der Waals surface area contributed by atoms with Crippen LogP contribution in [-0.2, 0) is 30.7 Å². The van der Waals surface area contributed by atoms with Gasteiger partial charge in [-0.05, 0) is 46.9 Å². The van der Waals surface area contributed by atoms with Gasteiger partial charge in [0.25, 0.3) is 0 Å². The maximum atomic E-state index is 12.8. The SMILES string of the molecule is C=CCc1ccccc1OCCn1c(CNC(=O)Cc2ccc(-c3ccccc3)cc2)nc2ccccc21. The molecule has 190 valence electrons. The monoisotopic (exact) mass is 501 g/mol. The van der Waals surface area contributed by atoms with Crippen LogP contribution in [0.2, 0.25) is 0 Å². The van der Waals surface area contributed by atoms with E-state index in [1.54, 1.807) is 0 Å². The van der Waals surface area contributed by atoms with Crippen molar-refractivity contribution in [2.24, 2.45) is 0 Å². The van der Waals surface area contributed by atoms with Gasteiger partial charge in [-0.3, -0.25) is 4.79 Å². The molecule has 0 bridgehead atoms. The minimum Gasteiger partial charge on any atom is -0.491 e. The van der Waals surface area contributed by atoms with E-state index in [1.807, 2.05) is 78.9 Å². The Bertz CT molecular complexity index is 1520. The number of amides is 1. The van der Waals surface area contributed by atoms with Crippen LogP contribution < -0.4 is 10.1 Å². The van der Waals surface area contributed by atoms with Crippen LogP contribution in [0.3, 0.4) is 0 Å². The minimum atomic E-state index is -0.0364. The summed E-state index contributed by atoms with van der Waals surface area (Å²) < 4.78 is 8.25. The average molecular weight is 502 g/mol. The van der Waals surface area contributed by atoms with Crippen molar-refractivity contribution < 1.29 is 9.53 Å². The molecule has 1 amide bonds. The molecule has 5 aromatic rings. The molecule has 38 heavy (non-hydrogen) atoms. The topological polar surface area (TPSA) is 56.1 Å². The van der Waals surface area contributed by atoms with Crippen LogP contribution in [0.5, 0.6) is 5.75 Å². The normalized spacial score (nSPS) is 10.8. The van der Waals surface area contributed by atoms with Crippen molar-refractivity contribution in [3.63, 3.8) is 0 Å². The molecule has 4 aromatic carbocycles. The third-order valence-electron chi connectivity index (χ3n) is 6.51. The average Bonchev–Trinajstić information content (AvgIpc) is 3.31. The zero-order chi connectivity index (χ0) is 26.2. The number of hydrogen-bond acceptors (Lipinski definition) is 3. The minimum absolute atomic E-state index is 0.0364. The van der Waals surface area contributed by atoms with Crippen molar-refractivity contribution in [2.45, 2.75) is 25.9 Å². The highest BCUT2D eigenvalue weighted by molar-refractivity contribution is 5.79. The number of imidazole rings is 1. The van der Waals surface area contributed by atoms with Gasteiger partial charge in [0.1, 0.15) is 18.2 Å². The molecule has 1 N–H and O–H groups in total. The number of carbonyl (C=O) groups is 1. The van der Waals surface area contributed by atoms with Crippen molar-refractivity contribution in [3.8, 4) is 16.9 Å². The zero-order valence-electron chi connectivity index (χ0n) is 21.3. The fraction of sp³-hybridized carbons (Fsp3) is 0.152. The molecule has 0 saturated carbocycles. The Morgan fingerprint density at radius 3 is 2.39 bits per heavy atom. The lowest BCUT2D eigenvalue weighted by molar-refractivity contribution is -0.120. The molecule has 0 fully saturated rings. The number of ether oxygens (including phenoxy) is 1. The van der Waals surface area contributed by atoms with Gasteiger partial charge >= 0.3 is 0 Å². The number of allylic oxidation sites excluding steroid dienone is 1. The first-order valence-electron chi connectivity index (χ1n) is 12.9. The summed E-state index contributed by atoms with van der Waals surface area (Å²) in [6, 6.07) is 34.4. The summed E-state index contributed by atoms with van der Waals surface area (Å²) in [6.07, 6.45) is 2.96. The Hall–Kier alpha value is -4.64. The molecule has 5 rings (SSSR count). The van der Waals surface area contributed by atoms with Crippen LogP contribution in [0, 0.1) is 0 Å². The molecule has 1 heterocycles. The molecule has 0 spiro atoms. The number of fused-ring (bicyclic) bond motifs is 1. The molecular weight excluding hydrogens is 470 g/mol. The number of aromatic nitrogens is 2. The van der Waals surface area contributed by atoms with Gasteiger partial charge in [0.2, 0.25) is 5.91 Å². The van der Waals surface area contributed by atoms with Gasteiger partial charge in [-0.25, -0.2) is 4.98 Å². The molecule has 5 nitrogen and oxygen atoms in total. The van der Waals surface area contributed by atoms with E-state index in [0.29, 0.717) is 26.1 Å². The van der Waals surface area contributed by atoms with Gasteiger partial charge in [0, 0.05) is 0 Å². The second kappa shape index (κ2) is 12.1. The third kappa shape index (κ3) is 6.01. The van der Waals surface area contributed by atoms with Crippen LogP contribution in [0.1, 0.15) is 17.0 Å². The lowest BCUT2D eigenvalue weighted by atomic mass is 10.0. The predicted octanol–water partition coefficient (Wildman–Crippen LogP) is 6.37. The smallest absolute Gasteiger partial charge is 0.224 e. The van der Waals surface area contributed by atoms with Crippen molar-refractivity contribution in [1.29, 1.82) is 0 Å². The van der Waals surface area contributed by atoms with E-state index < -0.39 is 0 Å². The van der Waals surface area contributed by atoms with Crippen molar-refractivity contribution >= 4 is 16.9 Å². The maximum Gasteiger partial charge on any atom is 0.224 e. The van der Waals surface area contributed by atoms with E-state index in [9.17, 15) is 4.79 Å². The zero-order valence-corrected chi connectivity index (χ0v) is 21.3. The van der Waals surface area contributed by atoms with E-state index in [-0.39, 0.29) is 5.91 Å². The van der Waals surface area contributed by atoms with Crippen LogP contribution in [0.4, 0.5) is 0 Å². The predicted molar refractivity (Wildman–Crippen MR) is 153 cm³/mol. The van der Waals surface area contributed by atoms with Crippen LogP contribution in [-0.4, -0.2) is 22.1 Å². The maximum absolute atomic E-state index is 12.8. The Morgan fingerprint density at radius 1 is 0.868 bits per heavy atom. The standard InChI is InChI=1S/C33H31N3O2/c1-2-10-28-13-6-9-16-31(28)38-22-21-36-30-15-8-7-14-29(30)35-32(36)24-34-33(37)23-25-17-19-27(20-18-25)26-11-4-3-5-12-26/h2-9,11-20H,1,10,21-24H2,(H,34,37). The van der Waals surface area contributed by atoms with Crippen molar-refractivity contribution in [2.75, 3.05) is 6.61 Å². The van der Waals surface area contributed by atoms with E-state index in [4.69, 9.17) is 9.72 Å². The Labute approximate surface area is 223 Å². The van der Waals surface area contributed by atoms with Gasteiger partial charge in [-0.15, -0.1) is 6.58 Å². The molecule has 0 aliphatic rings. The van der Waals surface area contributed by atoms with Crippen LogP contribution in [0.15, 0.2) is 116 Å². The molecule has 0 aliphatic heterocycles. The fourth-order valence-electron chi connectivity index (χ4n) is 4.60. The van der Waals surface area contributed by atoms with Crippen molar-refractivity contribution in [1.82, 2.24) is 14.9 Å². The second-order valence-corrected chi connectivity index (χ2v) is 9.13. The first-order valence-corrected chi connectivity index (χ1v) is 12.9. The van der Waals surface area contributed by atoms with Crippen molar-refractivity contribution in [3.05, 3.63) is 133 Å². The Kier molecular flexibility index (Phi) is 7.95. The summed E-state index contributed by atoms with van der Waals surface area (Å²) in [5.74, 6) is 1.64. The molecular formula is C33H31N3O2. The summed E-state index contributed by atoms with van der Waals surface area (Å²) in [5, 5.41) is 3.05. The highest BCUT2D eigenvalue weighted by Crippen LogP contribution is 2.21. The molecule has 0 saturated heterocycles. The second-order valence-electron chi connectivity index (χ2n) is 9.13. The first kappa shape index (κ1) is 25.0. The fourth-order valence-corrected chi connectivity index (χ4v) is 4.60. The van der Waals surface area contributed by atoms with Gasteiger partial charge in [0.15, 0.2) is 0 Å². The number of hydrogen-bond donors (Lipinski definition) is 1. The summed E-state index contributed by atoms with van der Waals surface area (Å²) in [6.45, 7) is 5.30. The van der Waals surface area contributed by atoms with Gasteiger partial charge < -0.3 is 14.6 Å². The molecule has 1 aromatic heterocycles. The number of para-hydroxylation sites is 3. The largest absolute Gasteiger partial charge is 0.491 e. The van der Waals surface area contributed by atoms with E-state index in [1.165, 1.54) is 0 Å². The summed E-state index contributed by atoms with van der Waals surface area (Å²) in [5.41, 5.74) is 6.31. The lowest BCUT2D eigenvalue weighted by Gasteiger charge is -2.13. The highest BCUT2D eigenvalue weighted by atomic mass is 16.5. The molecule has 5 heteroatoms. The van der Waals surface area contributed by atoms with Gasteiger partial charge in [-0.1, -0.05) is 91.0 Å². The summed E-state index contributed by atoms with van der Waals surface area (Å²) >= 11 is 0. The van der Waals surface area contributed by atoms with E-state index >= 15 is 0 Å². The molecule has 0 aliphatic carbocycles.